The molecule has 0 radical (unpaired) electrons. The Bertz CT molecular complexity index is 936. The number of carbonyl (C=O) groups excluding carboxylic acids is 1. The molecule has 4 nitrogen and oxygen atoms in total. The first kappa shape index (κ1) is 14.8. The molecule has 3 aromatic rings. The Kier molecular flexibility index (Phi) is 3.75. The maximum atomic E-state index is 12.4. The fourth-order valence-corrected chi connectivity index (χ4v) is 2.88. The summed E-state index contributed by atoms with van der Waals surface area (Å²) in [5.41, 5.74) is 0.525. The Balaban J connectivity index is 1.55. The van der Waals surface area contributed by atoms with E-state index >= 15 is 0 Å². The van der Waals surface area contributed by atoms with Gasteiger partial charge in [0.25, 0.3) is 0 Å². The molecule has 120 valence electrons. The summed E-state index contributed by atoms with van der Waals surface area (Å²) in [6.07, 6.45) is 0. The van der Waals surface area contributed by atoms with E-state index in [1.165, 1.54) is 0 Å². The molecule has 24 heavy (non-hydrogen) atoms. The molecule has 0 amide bonds. The smallest absolute Gasteiger partial charge is 0.231 e. The molecule has 5 heteroatoms. The number of Topliss-reactive ketones (excluding diaryl/α,β-unsaturated/α-hetero) is 1. The van der Waals surface area contributed by atoms with Crippen LogP contribution in [0.4, 0.5) is 0 Å². The molecule has 0 N–H and O–H groups in total. The molecule has 0 fully saturated rings. The summed E-state index contributed by atoms with van der Waals surface area (Å²) in [5, 5.41) is 2.43. The van der Waals surface area contributed by atoms with E-state index in [0.29, 0.717) is 27.8 Å². The highest BCUT2D eigenvalue weighted by Crippen LogP contribution is 2.33. The Morgan fingerprint density at radius 1 is 1.00 bits per heavy atom. The minimum Gasteiger partial charge on any atom is -0.485 e. The number of ether oxygens (including phenoxy) is 3. The van der Waals surface area contributed by atoms with Crippen LogP contribution in [-0.2, 0) is 0 Å². The third-order valence-electron chi connectivity index (χ3n) is 3.88. The van der Waals surface area contributed by atoms with Crippen LogP contribution < -0.4 is 14.2 Å². The standard InChI is InChI=1S/C19H13ClO4/c20-15-6-8-17(14-4-2-1-3-13(14)15)22-10-16(21)12-5-7-18-19(9-12)24-11-23-18/h1-9H,10-11H2. The second kappa shape index (κ2) is 6.06. The molecule has 0 aliphatic carbocycles. The first-order chi connectivity index (χ1) is 11.7. The summed E-state index contributed by atoms with van der Waals surface area (Å²) in [5.74, 6) is 1.73. The number of hydrogen-bond acceptors (Lipinski definition) is 4. The highest BCUT2D eigenvalue weighted by Gasteiger charge is 2.17. The quantitative estimate of drug-likeness (QED) is 0.657. The minimum atomic E-state index is -0.132. The molecule has 0 bridgehead atoms. The second-order valence-corrected chi connectivity index (χ2v) is 5.78. The largest absolute Gasteiger partial charge is 0.485 e. The molecule has 0 spiro atoms. The lowest BCUT2D eigenvalue weighted by atomic mass is 10.1. The fraction of sp³-hybridized carbons (Fsp3) is 0.105. The second-order valence-electron chi connectivity index (χ2n) is 5.37. The molecular formula is C19H13ClO4. The van der Waals surface area contributed by atoms with Crippen molar-refractivity contribution in [3.8, 4) is 17.2 Å². The van der Waals surface area contributed by atoms with Gasteiger partial charge in [0.05, 0.1) is 0 Å². The Labute approximate surface area is 143 Å². The monoisotopic (exact) mass is 340 g/mol. The number of carbonyl (C=O) groups is 1. The van der Waals surface area contributed by atoms with Crippen molar-refractivity contribution in [2.75, 3.05) is 13.4 Å². The van der Waals surface area contributed by atoms with E-state index in [0.717, 1.165) is 10.8 Å². The third kappa shape index (κ3) is 2.65. The first-order valence-corrected chi connectivity index (χ1v) is 7.83. The molecule has 0 saturated carbocycles. The van der Waals surface area contributed by atoms with Crippen LogP contribution in [0.15, 0.2) is 54.6 Å². The van der Waals surface area contributed by atoms with E-state index in [1.807, 2.05) is 24.3 Å². The Morgan fingerprint density at radius 3 is 2.67 bits per heavy atom. The molecule has 0 saturated heterocycles. The maximum Gasteiger partial charge on any atom is 0.231 e. The zero-order valence-electron chi connectivity index (χ0n) is 12.6. The van der Waals surface area contributed by atoms with Crippen LogP contribution in [0.2, 0.25) is 5.02 Å². The highest BCUT2D eigenvalue weighted by molar-refractivity contribution is 6.35. The molecule has 0 aromatic heterocycles. The molecule has 0 unspecified atom stereocenters. The van der Waals surface area contributed by atoms with Crippen molar-refractivity contribution in [2.24, 2.45) is 0 Å². The Hall–Kier alpha value is -2.72. The predicted octanol–water partition coefficient (Wildman–Crippen LogP) is 4.48. The van der Waals surface area contributed by atoms with Crippen molar-refractivity contribution >= 4 is 28.2 Å². The average Bonchev–Trinajstić information content (AvgIpc) is 3.09. The molecule has 3 aromatic carbocycles. The van der Waals surface area contributed by atoms with Gasteiger partial charge in [0.1, 0.15) is 5.75 Å². The number of rotatable bonds is 4. The summed E-state index contributed by atoms with van der Waals surface area (Å²) in [6, 6.07) is 16.3. The van der Waals surface area contributed by atoms with E-state index in [9.17, 15) is 4.79 Å². The van der Waals surface area contributed by atoms with Crippen molar-refractivity contribution in [1.29, 1.82) is 0 Å². The molecule has 0 atom stereocenters. The summed E-state index contributed by atoms with van der Waals surface area (Å²) in [6.45, 7) is 0.117. The van der Waals surface area contributed by atoms with Gasteiger partial charge in [-0.3, -0.25) is 4.79 Å². The third-order valence-corrected chi connectivity index (χ3v) is 4.21. The van der Waals surface area contributed by atoms with Gasteiger partial charge in [-0.15, -0.1) is 0 Å². The van der Waals surface area contributed by atoms with Crippen LogP contribution >= 0.6 is 11.6 Å². The molecular weight excluding hydrogens is 328 g/mol. The average molecular weight is 341 g/mol. The Morgan fingerprint density at radius 2 is 1.79 bits per heavy atom. The van der Waals surface area contributed by atoms with Crippen molar-refractivity contribution in [2.45, 2.75) is 0 Å². The molecule has 1 aliphatic heterocycles. The van der Waals surface area contributed by atoms with Crippen LogP contribution in [0, 0.1) is 0 Å². The predicted molar refractivity (Wildman–Crippen MR) is 91.3 cm³/mol. The van der Waals surface area contributed by atoms with Crippen LogP contribution in [-0.4, -0.2) is 19.2 Å². The van der Waals surface area contributed by atoms with Crippen LogP contribution in [0.3, 0.4) is 0 Å². The van der Waals surface area contributed by atoms with Crippen molar-refractivity contribution in [3.05, 3.63) is 65.2 Å². The van der Waals surface area contributed by atoms with Gasteiger partial charge in [0.2, 0.25) is 6.79 Å². The number of hydrogen-bond donors (Lipinski definition) is 0. The van der Waals surface area contributed by atoms with Gasteiger partial charge in [0, 0.05) is 21.4 Å². The molecule has 1 aliphatic rings. The fourth-order valence-electron chi connectivity index (χ4n) is 2.66. The lowest BCUT2D eigenvalue weighted by Crippen LogP contribution is -2.11. The number of halogens is 1. The van der Waals surface area contributed by atoms with Crippen molar-refractivity contribution in [1.82, 2.24) is 0 Å². The van der Waals surface area contributed by atoms with Gasteiger partial charge in [-0.05, 0) is 30.3 Å². The highest BCUT2D eigenvalue weighted by atomic mass is 35.5. The lowest BCUT2D eigenvalue weighted by molar-refractivity contribution is 0.0922. The van der Waals surface area contributed by atoms with Crippen LogP contribution in [0.1, 0.15) is 10.4 Å². The molecule has 1 heterocycles. The number of fused-ring (bicyclic) bond motifs is 2. The van der Waals surface area contributed by atoms with Gasteiger partial charge in [-0.2, -0.15) is 0 Å². The maximum absolute atomic E-state index is 12.4. The zero-order chi connectivity index (χ0) is 16.5. The van der Waals surface area contributed by atoms with Gasteiger partial charge >= 0.3 is 0 Å². The SMILES string of the molecule is O=C(COc1ccc(Cl)c2ccccc12)c1ccc2c(c1)OCO2. The normalized spacial score (nSPS) is 12.4. The van der Waals surface area contributed by atoms with E-state index in [1.54, 1.807) is 30.3 Å². The summed E-state index contributed by atoms with van der Waals surface area (Å²) >= 11 is 6.19. The van der Waals surface area contributed by atoms with Crippen LogP contribution in [0.5, 0.6) is 17.2 Å². The van der Waals surface area contributed by atoms with E-state index in [4.69, 9.17) is 25.8 Å². The lowest BCUT2D eigenvalue weighted by Gasteiger charge is -2.10. The van der Waals surface area contributed by atoms with Crippen molar-refractivity contribution in [3.63, 3.8) is 0 Å². The summed E-state index contributed by atoms with van der Waals surface area (Å²) < 4.78 is 16.3. The number of benzene rings is 3. The minimum absolute atomic E-state index is 0.0642. The summed E-state index contributed by atoms with van der Waals surface area (Å²) in [7, 11) is 0. The van der Waals surface area contributed by atoms with Gasteiger partial charge in [0.15, 0.2) is 23.9 Å². The van der Waals surface area contributed by atoms with E-state index in [-0.39, 0.29) is 19.2 Å². The number of ketones is 1. The van der Waals surface area contributed by atoms with Gasteiger partial charge in [-0.1, -0.05) is 35.9 Å². The molecule has 4 rings (SSSR count). The summed E-state index contributed by atoms with van der Waals surface area (Å²) in [4.78, 5) is 12.4. The first-order valence-electron chi connectivity index (χ1n) is 7.45. The van der Waals surface area contributed by atoms with E-state index in [2.05, 4.69) is 0 Å². The van der Waals surface area contributed by atoms with Crippen LogP contribution in [0.25, 0.3) is 10.8 Å². The topological polar surface area (TPSA) is 44.8 Å². The zero-order valence-corrected chi connectivity index (χ0v) is 13.4. The van der Waals surface area contributed by atoms with Crippen molar-refractivity contribution < 1.29 is 19.0 Å². The van der Waals surface area contributed by atoms with Gasteiger partial charge < -0.3 is 14.2 Å². The van der Waals surface area contributed by atoms with E-state index < -0.39 is 0 Å². The van der Waals surface area contributed by atoms with Gasteiger partial charge in [-0.25, -0.2) is 0 Å².